The van der Waals surface area contributed by atoms with Crippen molar-refractivity contribution in [2.45, 2.75) is 18.9 Å². The Bertz CT molecular complexity index is 377. The maximum absolute atomic E-state index is 5.55. The van der Waals surface area contributed by atoms with Gasteiger partial charge in [0.05, 0.1) is 13.2 Å². The van der Waals surface area contributed by atoms with Crippen molar-refractivity contribution in [2.24, 2.45) is 0 Å². The number of epoxide rings is 1. The maximum Gasteiger partial charge on any atom is 0.423 e. The first-order valence-corrected chi connectivity index (χ1v) is 7.89. The Labute approximate surface area is 116 Å². The van der Waals surface area contributed by atoms with Crippen molar-refractivity contribution in [1.82, 2.24) is 0 Å². The van der Waals surface area contributed by atoms with Crippen LogP contribution in [0.2, 0.25) is 0 Å². The Balaban J connectivity index is 1.80. The Morgan fingerprint density at radius 1 is 1.26 bits per heavy atom. The van der Waals surface area contributed by atoms with Crippen molar-refractivity contribution < 1.29 is 18.3 Å². The molecule has 1 saturated heterocycles. The fraction of sp³-hybridized carbons (Fsp3) is 0.571. The lowest BCUT2D eigenvalue weighted by atomic mass is 10.1. The zero-order chi connectivity index (χ0) is 13.5. The van der Waals surface area contributed by atoms with Crippen LogP contribution in [0.3, 0.4) is 0 Å². The zero-order valence-corrected chi connectivity index (χ0v) is 12.6. The molecule has 5 heteroatoms. The van der Waals surface area contributed by atoms with Gasteiger partial charge in [-0.2, -0.15) is 0 Å². The van der Waals surface area contributed by atoms with Gasteiger partial charge in [-0.05, 0) is 23.6 Å². The van der Waals surface area contributed by atoms with Crippen LogP contribution in [0.1, 0.15) is 12.0 Å². The van der Waals surface area contributed by atoms with Crippen LogP contribution < -0.4 is 5.19 Å². The van der Waals surface area contributed by atoms with E-state index in [9.17, 15) is 0 Å². The predicted octanol–water partition coefficient (Wildman–Crippen LogP) is 1.02. The fourth-order valence-corrected chi connectivity index (χ4v) is 3.29. The first kappa shape index (κ1) is 14.7. The first-order valence-electron chi connectivity index (χ1n) is 6.57. The van der Waals surface area contributed by atoms with E-state index in [-0.39, 0.29) is 0 Å². The van der Waals surface area contributed by atoms with Gasteiger partial charge in [-0.3, -0.25) is 0 Å². The van der Waals surface area contributed by atoms with Crippen molar-refractivity contribution in [3.8, 4) is 0 Å². The molecule has 1 aliphatic heterocycles. The van der Waals surface area contributed by atoms with Crippen LogP contribution in [0.25, 0.3) is 0 Å². The summed E-state index contributed by atoms with van der Waals surface area (Å²) in [6.07, 6.45) is 2.35. The van der Waals surface area contributed by atoms with Crippen LogP contribution in [0.5, 0.6) is 0 Å². The number of rotatable bonds is 9. The standard InChI is InChI=1S/C14H21O4Si/c1-15-19(16-2)14-8-4-3-6-12(14)7-5-9-17-10-13-11-18-13/h3-4,6,8,13H,5,7,9-11H2,1-2H3. The lowest BCUT2D eigenvalue weighted by molar-refractivity contribution is 0.114. The minimum Gasteiger partial charge on any atom is -0.393 e. The third-order valence-corrected chi connectivity index (χ3v) is 4.72. The highest BCUT2D eigenvalue weighted by atomic mass is 28.3. The average molecular weight is 281 g/mol. The van der Waals surface area contributed by atoms with Gasteiger partial charge in [0, 0.05) is 20.8 Å². The van der Waals surface area contributed by atoms with E-state index >= 15 is 0 Å². The molecule has 1 fully saturated rings. The lowest BCUT2D eigenvalue weighted by Crippen LogP contribution is -2.37. The van der Waals surface area contributed by atoms with Gasteiger partial charge in [-0.15, -0.1) is 0 Å². The number of aryl methyl sites for hydroxylation is 1. The summed E-state index contributed by atoms with van der Waals surface area (Å²) in [5.41, 5.74) is 1.30. The number of benzene rings is 1. The third kappa shape index (κ3) is 4.70. The molecule has 1 unspecified atom stereocenters. The number of hydrogen-bond donors (Lipinski definition) is 0. The largest absolute Gasteiger partial charge is 0.423 e. The van der Waals surface area contributed by atoms with Crippen LogP contribution in [0.4, 0.5) is 0 Å². The van der Waals surface area contributed by atoms with E-state index in [0.717, 1.165) is 32.7 Å². The van der Waals surface area contributed by atoms with Gasteiger partial charge in [0.1, 0.15) is 6.10 Å². The summed E-state index contributed by atoms with van der Waals surface area (Å²) >= 11 is 0. The van der Waals surface area contributed by atoms with Crippen LogP contribution in [0.15, 0.2) is 24.3 Å². The summed E-state index contributed by atoms with van der Waals surface area (Å²) < 4.78 is 21.5. The molecular weight excluding hydrogens is 260 g/mol. The van der Waals surface area contributed by atoms with E-state index in [2.05, 4.69) is 18.2 Å². The highest BCUT2D eigenvalue weighted by molar-refractivity contribution is 6.61. The molecule has 0 amide bonds. The molecule has 0 aromatic heterocycles. The molecule has 1 radical (unpaired) electrons. The summed E-state index contributed by atoms with van der Waals surface area (Å²) in [5.74, 6) is 0. The molecule has 1 aliphatic rings. The molecule has 0 aliphatic carbocycles. The van der Waals surface area contributed by atoms with Crippen molar-refractivity contribution in [3.63, 3.8) is 0 Å². The first-order chi connectivity index (χ1) is 9.35. The number of ether oxygens (including phenoxy) is 2. The second-order valence-corrected chi connectivity index (χ2v) is 6.42. The number of hydrogen-bond acceptors (Lipinski definition) is 4. The van der Waals surface area contributed by atoms with E-state index in [0.29, 0.717) is 6.10 Å². The minimum absolute atomic E-state index is 0.351. The van der Waals surface area contributed by atoms with E-state index in [1.165, 1.54) is 10.8 Å². The van der Waals surface area contributed by atoms with Gasteiger partial charge in [0.15, 0.2) is 0 Å². The molecular formula is C14H21O4Si. The summed E-state index contributed by atoms with van der Waals surface area (Å²) in [5, 5.41) is 1.20. The normalized spacial score (nSPS) is 17.9. The van der Waals surface area contributed by atoms with Crippen LogP contribution in [-0.2, 0) is 24.7 Å². The molecule has 0 spiro atoms. The molecule has 0 N–H and O–H groups in total. The minimum atomic E-state index is -1.34. The second-order valence-electron chi connectivity index (χ2n) is 4.49. The van der Waals surface area contributed by atoms with Gasteiger partial charge >= 0.3 is 9.28 Å². The van der Waals surface area contributed by atoms with Crippen LogP contribution in [-0.4, -0.2) is 49.4 Å². The van der Waals surface area contributed by atoms with Gasteiger partial charge in [-0.1, -0.05) is 24.3 Å². The van der Waals surface area contributed by atoms with Gasteiger partial charge in [-0.25, -0.2) is 0 Å². The fourth-order valence-electron chi connectivity index (χ4n) is 1.98. The molecule has 4 nitrogen and oxygen atoms in total. The smallest absolute Gasteiger partial charge is 0.393 e. The maximum atomic E-state index is 5.55. The Hall–Kier alpha value is -0.723. The topological polar surface area (TPSA) is 40.2 Å². The molecule has 2 rings (SSSR count). The SMILES string of the molecule is CO[Si](OC)c1ccccc1CCCOCC1CO1. The molecule has 19 heavy (non-hydrogen) atoms. The van der Waals surface area contributed by atoms with Crippen molar-refractivity contribution in [2.75, 3.05) is 34.0 Å². The quantitative estimate of drug-likeness (QED) is 0.385. The molecule has 1 atom stereocenters. The predicted molar refractivity (Wildman–Crippen MR) is 74.7 cm³/mol. The second kappa shape index (κ2) is 7.77. The van der Waals surface area contributed by atoms with Crippen molar-refractivity contribution in [1.29, 1.82) is 0 Å². The van der Waals surface area contributed by atoms with Gasteiger partial charge in [0.2, 0.25) is 0 Å². The lowest BCUT2D eigenvalue weighted by Gasteiger charge is -2.14. The van der Waals surface area contributed by atoms with E-state index in [1.807, 2.05) is 6.07 Å². The Morgan fingerprint density at radius 2 is 2.00 bits per heavy atom. The molecule has 0 bridgehead atoms. The van der Waals surface area contributed by atoms with Crippen molar-refractivity contribution in [3.05, 3.63) is 29.8 Å². The van der Waals surface area contributed by atoms with Gasteiger partial charge < -0.3 is 18.3 Å². The van der Waals surface area contributed by atoms with E-state index in [4.69, 9.17) is 18.3 Å². The van der Waals surface area contributed by atoms with Gasteiger partial charge in [0.25, 0.3) is 0 Å². The van der Waals surface area contributed by atoms with Crippen molar-refractivity contribution >= 4 is 14.5 Å². The summed E-state index contributed by atoms with van der Waals surface area (Å²) in [7, 11) is 2.07. The Morgan fingerprint density at radius 3 is 2.68 bits per heavy atom. The summed E-state index contributed by atoms with van der Waals surface area (Å²) in [4.78, 5) is 0. The summed E-state index contributed by atoms with van der Waals surface area (Å²) in [6, 6.07) is 8.32. The zero-order valence-electron chi connectivity index (χ0n) is 11.6. The van der Waals surface area contributed by atoms with Crippen LogP contribution in [0, 0.1) is 0 Å². The molecule has 1 aromatic rings. The Kier molecular flexibility index (Phi) is 6.00. The van der Waals surface area contributed by atoms with E-state index in [1.54, 1.807) is 14.2 Å². The van der Waals surface area contributed by atoms with E-state index < -0.39 is 9.28 Å². The monoisotopic (exact) mass is 281 g/mol. The molecule has 1 aromatic carbocycles. The highest BCUT2D eigenvalue weighted by Gasteiger charge is 2.22. The molecule has 1 heterocycles. The average Bonchev–Trinajstić information content (AvgIpc) is 3.25. The molecule has 105 valence electrons. The van der Waals surface area contributed by atoms with Crippen LogP contribution >= 0.6 is 0 Å². The highest BCUT2D eigenvalue weighted by Crippen LogP contribution is 2.09. The molecule has 0 saturated carbocycles. The third-order valence-electron chi connectivity index (χ3n) is 3.05. The summed E-state index contributed by atoms with van der Waals surface area (Å²) in [6.45, 7) is 2.36.